The number of aryl methyl sites for hydroxylation is 1. The zero-order chi connectivity index (χ0) is 15.2. The van der Waals surface area contributed by atoms with E-state index < -0.39 is 17.4 Å². The van der Waals surface area contributed by atoms with Crippen molar-refractivity contribution >= 4 is 5.65 Å². The van der Waals surface area contributed by atoms with E-state index in [-0.39, 0.29) is 5.65 Å². The maximum atomic E-state index is 12.8. The number of aromatic nitrogens is 4. The molecule has 0 aromatic carbocycles. The van der Waals surface area contributed by atoms with Gasteiger partial charge in [-0.25, -0.2) is 9.50 Å². The van der Waals surface area contributed by atoms with Crippen LogP contribution < -0.4 is 5.56 Å². The molecule has 3 aromatic rings. The Balaban J connectivity index is 2.38. The summed E-state index contributed by atoms with van der Waals surface area (Å²) in [5.74, 6) is 0. The Bertz CT molecular complexity index is 865. The molecule has 1 N–H and O–H groups in total. The number of rotatable bonds is 1. The summed E-state index contributed by atoms with van der Waals surface area (Å²) in [5.41, 5.74) is -0.555. The fraction of sp³-hybridized carbons (Fsp3) is 0.154. The third kappa shape index (κ3) is 2.18. The Labute approximate surface area is 116 Å². The summed E-state index contributed by atoms with van der Waals surface area (Å²) in [4.78, 5) is 19.3. The summed E-state index contributed by atoms with van der Waals surface area (Å²) in [6.45, 7) is 1.66. The first-order valence-electron chi connectivity index (χ1n) is 5.98. The van der Waals surface area contributed by atoms with Crippen molar-refractivity contribution < 1.29 is 13.2 Å². The molecule has 0 saturated carbocycles. The molecule has 3 aromatic heterocycles. The Morgan fingerprint density at radius 3 is 2.71 bits per heavy atom. The summed E-state index contributed by atoms with van der Waals surface area (Å²) in [6.07, 6.45) is -1.62. The standard InChI is InChI=1S/C13H9F3N4O/c1-7-11(8-3-2-4-17-6-8)12-18-9(13(14,15)16)5-10(21)20(12)19-7/h2-6,19H,1H3. The Kier molecular flexibility index (Phi) is 2.82. The van der Waals surface area contributed by atoms with Crippen LogP contribution in [0.3, 0.4) is 0 Å². The third-order valence-electron chi connectivity index (χ3n) is 3.04. The molecule has 8 heteroatoms. The van der Waals surface area contributed by atoms with E-state index in [2.05, 4.69) is 15.1 Å². The quantitative estimate of drug-likeness (QED) is 0.749. The van der Waals surface area contributed by atoms with Gasteiger partial charge in [0.05, 0.1) is 0 Å². The fourth-order valence-corrected chi connectivity index (χ4v) is 2.15. The van der Waals surface area contributed by atoms with E-state index in [4.69, 9.17) is 0 Å². The minimum absolute atomic E-state index is 0.0691. The van der Waals surface area contributed by atoms with Crippen LogP contribution in [-0.2, 0) is 6.18 Å². The SMILES string of the molecule is Cc1[nH]n2c(=O)cc(C(F)(F)F)nc2c1-c1cccnc1. The number of alkyl halides is 3. The summed E-state index contributed by atoms with van der Waals surface area (Å²) < 4.78 is 39.4. The van der Waals surface area contributed by atoms with Crippen molar-refractivity contribution in [1.82, 2.24) is 19.6 Å². The van der Waals surface area contributed by atoms with Crippen molar-refractivity contribution in [1.29, 1.82) is 0 Å². The summed E-state index contributed by atoms with van der Waals surface area (Å²) >= 11 is 0. The molecule has 0 unspecified atom stereocenters. The van der Waals surface area contributed by atoms with Gasteiger partial charge in [-0.1, -0.05) is 6.07 Å². The number of nitrogens with one attached hydrogen (secondary N) is 1. The van der Waals surface area contributed by atoms with E-state index >= 15 is 0 Å². The topological polar surface area (TPSA) is 63.0 Å². The Hall–Kier alpha value is -2.64. The van der Waals surface area contributed by atoms with Gasteiger partial charge in [0.25, 0.3) is 5.56 Å². The van der Waals surface area contributed by atoms with E-state index in [0.717, 1.165) is 4.52 Å². The van der Waals surface area contributed by atoms with Gasteiger partial charge in [-0.3, -0.25) is 14.9 Å². The number of hydrogen-bond acceptors (Lipinski definition) is 3. The molecule has 0 aliphatic carbocycles. The molecule has 0 saturated heterocycles. The molecule has 5 nitrogen and oxygen atoms in total. The van der Waals surface area contributed by atoms with Crippen molar-refractivity contribution in [3.63, 3.8) is 0 Å². The minimum Gasteiger partial charge on any atom is -0.293 e. The van der Waals surface area contributed by atoms with Crippen LogP contribution in [0.2, 0.25) is 0 Å². The van der Waals surface area contributed by atoms with Crippen molar-refractivity contribution in [2.45, 2.75) is 13.1 Å². The molecule has 3 rings (SSSR count). The molecule has 3 heterocycles. The van der Waals surface area contributed by atoms with Crippen LogP contribution in [0.5, 0.6) is 0 Å². The van der Waals surface area contributed by atoms with Crippen molar-refractivity contribution in [2.75, 3.05) is 0 Å². The largest absolute Gasteiger partial charge is 0.433 e. The Morgan fingerprint density at radius 1 is 1.33 bits per heavy atom. The highest BCUT2D eigenvalue weighted by Crippen LogP contribution is 2.30. The van der Waals surface area contributed by atoms with E-state index in [1.54, 1.807) is 25.3 Å². The highest BCUT2D eigenvalue weighted by Gasteiger charge is 2.34. The molecule has 0 bridgehead atoms. The molecular formula is C13H9F3N4O. The van der Waals surface area contributed by atoms with Gasteiger partial charge in [0, 0.05) is 35.3 Å². The van der Waals surface area contributed by atoms with Gasteiger partial charge in [-0.15, -0.1) is 0 Å². The maximum Gasteiger partial charge on any atom is 0.433 e. The molecular weight excluding hydrogens is 285 g/mol. The van der Waals surface area contributed by atoms with Crippen molar-refractivity contribution in [2.24, 2.45) is 0 Å². The van der Waals surface area contributed by atoms with E-state index in [1.807, 2.05) is 0 Å². The highest BCUT2D eigenvalue weighted by atomic mass is 19.4. The van der Waals surface area contributed by atoms with Crippen LogP contribution in [-0.4, -0.2) is 19.6 Å². The van der Waals surface area contributed by atoms with Crippen LogP contribution in [0.1, 0.15) is 11.4 Å². The van der Waals surface area contributed by atoms with Crippen LogP contribution in [0.15, 0.2) is 35.4 Å². The number of halogens is 3. The third-order valence-corrected chi connectivity index (χ3v) is 3.04. The zero-order valence-corrected chi connectivity index (χ0v) is 10.8. The number of H-pyrrole nitrogens is 1. The van der Waals surface area contributed by atoms with E-state index in [1.165, 1.54) is 6.20 Å². The van der Waals surface area contributed by atoms with Crippen LogP contribution in [0.4, 0.5) is 13.2 Å². The smallest absolute Gasteiger partial charge is 0.293 e. The second-order valence-electron chi connectivity index (χ2n) is 4.49. The van der Waals surface area contributed by atoms with Crippen molar-refractivity contribution in [3.8, 4) is 11.1 Å². The van der Waals surface area contributed by atoms with Gasteiger partial charge in [-0.2, -0.15) is 13.2 Å². The molecule has 0 fully saturated rings. The molecule has 0 radical (unpaired) electrons. The predicted octanol–water partition coefficient (Wildman–Crippen LogP) is 2.41. The lowest BCUT2D eigenvalue weighted by atomic mass is 10.1. The van der Waals surface area contributed by atoms with Crippen LogP contribution in [0.25, 0.3) is 16.8 Å². The van der Waals surface area contributed by atoms with Gasteiger partial charge >= 0.3 is 6.18 Å². The van der Waals surface area contributed by atoms with E-state index in [9.17, 15) is 18.0 Å². The van der Waals surface area contributed by atoms with Gasteiger partial charge in [0.15, 0.2) is 11.3 Å². The van der Waals surface area contributed by atoms with Gasteiger partial charge in [0.1, 0.15) is 0 Å². The predicted molar refractivity (Wildman–Crippen MR) is 68.8 cm³/mol. The van der Waals surface area contributed by atoms with Crippen molar-refractivity contribution in [3.05, 3.63) is 52.3 Å². The molecule has 21 heavy (non-hydrogen) atoms. The molecule has 108 valence electrons. The zero-order valence-electron chi connectivity index (χ0n) is 10.8. The molecule has 0 amide bonds. The summed E-state index contributed by atoms with van der Waals surface area (Å²) in [7, 11) is 0. The maximum absolute atomic E-state index is 12.8. The summed E-state index contributed by atoms with van der Waals surface area (Å²) in [5, 5.41) is 2.72. The lowest BCUT2D eigenvalue weighted by Crippen LogP contribution is -2.20. The second-order valence-corrected chi connectivity index (χ2v) is 4.49. The molecule has 0 aliphatic rings. The molecule has 0 aliphatic heterocycles. The van der Waals surface area contributed by atoms with Gasteiger partial charge in [-0.05, 0) is 13.0 Å². The highest BCUT2D eigenvalue weighted by molar-refractivity contribution is 5.79. The Morgan fingerprint density at radius 2 is 2.10 bits per heavy atom. The monoisotopic (exact) mass is 294 g/mol. The molecule has 0 spiro atoms. The van der Waals surface area contributed by atoms with Gasteiger partial charge < -0.3 is 0 Å². The van der Waals surface area contributed by atoms with Crippen LogP contribution in [0, 0.1) is 6.92 Å². The number of hydrogen-bond donors (Lipinski definition) is 1. The lowest BCUT2D eigenvalue weighted by Gasteiger charge is -2.06. The van der Waals surface area contributed by atoms with E-state index in [0.29, 0.717) is 22.9 Å². The molecule has 0 atom stereocenters. The fourth-order valence-electron chi connectivity index (χ4n) is 2.15. The number of nitrogens with zero attached hydrogens (tertiary/aromatic N) is 3. The minimum atomic E-state index is -4.68. The second kappa shape index (κ2) is 4.44. The number of pyridine rings is 1. The number of aromatic amines is 1. The first-order valence-corrected chi connectivity index (χ1v) is 5.98. The normalized spacial score (nSPS) is 12.0. The average molecular weight is 294 g/mol. The number of fused-ring (bicyclic) bond motifs is 1. The average Bonchev–Trinajstić information content (AvgIpc) is 2.75. The lowest BCUT2D eigenvalue weighted by molar-refractivity contribution is -0.141. The first kappa shape index (κ1) is 13.3. The van der Waals surface area contributed by atoms with Gasteiger partial charge in [0.2, 0.25) is 0 Å². The van der Waals surface area contributed by atoms with Crippen LogP contribution >= 0.6 is 0 Å². The summed E-state index contributed by atoms with van der Waals surface area (Å²) in [6, 6.07) is 3.82. The first-order chi connectivity index (χ1) is 9.88.